The molecule has 0 heterocycles. The molecule has 0 saturated carbocycles. The van der Waals surface area contributed by atoms with Crippen LogP contribution in [0.15, 0.2) is 30.3 Å². The Morgan fingerprint density at radius 3 is 2.32 bits per heavy atom. The molecule has 0 aliphatic rings. The zero-order valence-corrected chi connectivity index (χ0v) is 16.1. The molecule has 2 nitrogen and oxygen atoms in total. The maximum absolute atomic E-state index is 13.7. The third-order valence-corrected chi connectivity index (χ3v) is 4.70. The number of anilines is 1. The second kappa shape index (κ2) is 6.74. The van der Waals surface area contributed by atoms with E-state index in [2.05, 4.69) is 67.8 Å². The summed E-state index contributed by atoms with van der Waals surface area (Å²) < 4.78 is 22.5. The van der Waals surface area contributed by atoms with Gasteiger partial charge in [0.2, 0.25) is 0 Å². The van der Waals surface area contributed by atoms with Gasteiger partial charge < -0.3 is 10.5 Å². The van der Waals surface area contributed by atoms with Crippen LogP contribution in [0.3, 0.4) is 0 Å². The number of benzene rings is 2. The Morgan fingerprint density at radius 2 is 1.74 bits per heavy atom. The van der Waals surface area contributed by atoms with Gasteiger partial charge in [0.1, 0.15) is 18.2 Å². The monoisotopic (exact) mass is 595 g/mol. The molecule has 6 heteroatoms. The third-order valence-electron chi connectivity index (χ3n) is 2.48. The van der Waals surface area contributed by atoms with Crippen LogP contribution >= 0.6 is 67.8 Å². The van der Waals surface area contributed by atoms with Crippen LogP contribution in [0.25, 0.3) is 0 Å². The minimum Gasteiger partial charge on any atom is -0.486 e. The summed E-state index contributed by atoms with van der Waals surface area (Å²) in [5.74, 6) is 0.430. The van der Waals surface area contributed by atoms with Gasteiger partial charge in [0.15, 0.2) is 0 Å². The van der Waals surface area contributed by atoms with Gasteiger partial charge in [-0.3, -0.25) is 0 Å². The highest BCUT2D eigenvalue weighted by atomic mass is 127. The van der Waals surface area contributed by atoms with Crippen molar-refractivity contribution in [2.45, 2.75) is 6.61 Å². The maximum Gasteiger partial charge on any atom is 0.146 e. The van der Waals surface area contributed by atoms with E-state index in [1.807, 2.05) is 12.1 Å². The van der Waals surface area contributed by atoms with Crippen LogP contribution in [0.2, 0.25) is 0 Å². The Kier molecular flexibility index (Phi) is 5.52. The van der Waals surface area contributed by atoms with Crippen molar-refractivity contribution >= 4 is 73.5 Å². The van der Waals surface area contributed by atoms with Crippen molar-refractivity contribution in [1.29, 1.82) is 0 Å². The minimum absolute atomic E-state index is 0.130. The van der Waals surface area contributed by atoms with Gasteiger partial charge in [-0.05, 0) is 92.0 Å². The fourth-order valence-electron chi connectivity index (χ4n) is 1.54. The number of halogens is 4. The molecule has 2 rings (SSSR count). The molecule has 0 spiro atoms. The Balaban J connectivity index is 2.24. The fraction of sp³-hybridized carbons (Fsp3) is 0.0769. The van der Waals surface area contributed by atoms with Gasteiger partial charge in [-0.15, -0.1) is 0 Å². The van der Waals surface area contributed by atoms with Crippen LogP contribution in [0.4, 0.5) is 10.1 Å². The van der Waals surface area contributed by atoms with Gasteiger partial charge in [-0.25, -0.2) is 4.39 Å². The lowest BCUT2D eigenvalue weighted by Crippen LogP contribution is -2.05. The topological polar surface area (TPSA) is 35.2 Å². The van der Waals surface area contributed by atoms with Crippen LogP contribution < -0.4 is 10.5 Å². The van der Waals surface area contributed by atoms with Gasteiger partial charge >= 0.3 is 0 Å². The molecule has 0 bridgehead atoms. The van der Waals surface area contributed by atoms with Gasteiger partial charge in [0.05, 0.1) is 7.14 Å². The largest absolute Gasteiger partial charge is 0.486 e. The number of rotatable bonds is 3. The highest BCUT2D eigenvalue weighted by Gasteiger charge is 2.11. The Labute approximate surface area is 151 Å². The second-order valence-electron chi connectivity index (χ2n) is 3.79. The molecular weight excluding hydrogens is 586 g/mol. The number of hydrogen-bond donors (Lipinski definition) is 1. The van der Waals surface area contributed by atoms with Crippen molar-refractivity contribution in [3.8, 4) is 5.75 Å². The average molecular weight is 595 g/mol. The summed E-state index contributed by atoms with van der Waals surface area (Å²) >= 11 is 6.68. The summed E-state index contributed by atoms with van der Waals surface area (Å²) in [4.78, 5) is 0. The molecule has 19 heavy (non-hydrogen) atoms. The number of hydrogen-bond acceptors (Lipinski definition) is 2. The van der Waals surface area contributed by atoms with E-state index in [0.717, 1.165) is 16.5 Å². The molecule has 0 amide bonds. The summed E-state index contributed by atoms with van der Waals surface area (Å²) in [5, 5.41) is 0. The molecule has 2 aromatic rings. The van der Waals surface area contributed by atoms with Crippen molar-refractivity contribution in [3.05, 3.63) is 52.4 Å². The standard InChI is InChI=1S/C13H9FI3NO/c14-9-2-1-3-12(18)8(9)6-19-13-10(16)4-7(15)5-11(13)17/h1-5H,6,18H2. The maximum atomic E-state index is 13.7. The first-order valence-electron chi connectivity index (χ1n) is 5.29. The molecule has 0 aliphatic carbocycles. The summed E-state index contributed by atoms with van der Waals surface area (Å²) in [6.45, 7) is 0.130. The smallest absolute Gasteiger partial charge is 0.146 e. The molecule has 0 saturated heterocycles. The fourth-order valence-corrected chi connectivity index (χ4v) is 5.43. The van der Waals surface area contributed by atoms with Crippen molar-refractivity contribution < 1.29 is 9.13 Å². The van der Waals surface area contributed by atoms with Gasteiger partial charge in [-0.1, -0.05) is 6.07 Å². The molecule has 0 unspecified atom stereocenters. The van der Waals surface area contributed by atoms with Crippen molar-refractivity contribution in [2.75, 3.05) is 5.73 Å². The number of nitrogen functional groups attached to an aromatic ring is 1. The van der Waals surface area contributed by atoms with E-state index in [1.54, 1.807) is 12.1 Å². The van der Waals surface area contributed by atoms with Crippen LogP contribution in [-0.4, -0.2) is 0 Å². The average Bonchev–Trinajstić information content (AvgIpc) is 2.31. The van der Waals surface area contributed by atoms with Gasteiger partial charge in [0.25, 0.3) is 0 Å². The summed E-state index contributed by atoms with van der Waals surface area (Å²) in [6.07, 6.45) is 0. The van der Waals surface area contributed by atoms with Crippen LogP contribution in [-0.2, 0) is 6.61 Å². The lowest BCUT2D eigenvalue weighted by molar-refractivity contribution is 0.296. The van der Waals surface area contributed by atoms with E-state index >= 15 is 0 Å². The molecule has 100 valence electrons. The van der Waals surface area contributed by atoms with Crippen LogP contribution in [0, 0.1) is 16.5 Å². The van der Waals surface area contributed by atoms with Crippen molar-refractivity contribution in [1.82, 2.24) is 0 Å². The van der Waals surface area contributed by atoms with E-state index < -0.39 is 0 Å². The molecule has 2 aromatic carbocycles. The van der Waals surface area contributed by atoms with Crippen molar-refractivity contribution in [2.24, 2.45) is 0 Å². The Hall–Kier alpha value is 0.160. The van der Waals surface area contributed by atoms with Gasteiger partial charge in [-0.2, -0.15) is 0 Å². The number of nitrogens with two attached hydrogens (primary N) is 1. The van der Waals surface area contributed by atoms with Crippen LogP contribution in [0.5, 0.6) is 5.75 Å². The minimum atomic E-state index is -0.337. The lowest BCUT2D eigenvalue weighted by Gasteiger charge is -2.12. The number of ether oxygens (including phenoxy) is 1. The molecule has 0 atom stereocenters. The van der Waals surface area contributed by atoms with Crippen LogP contribution in [0.1, 0.15) is 5.56 Å². The summed E-state index contributed by atoms with van der Waals surface area (Å²) in [5.41, 5.74) is 6.57. The SMILES string of the molecule is Nc1cccc(F)c1COc1c(I)cc(I)cc1I. The summed E-state index contributed by atoms with van der Waals surface area (Å²) in [6, 6.07) is 8.68. The molecule has 0 fully saturated rings. The zero-order chi connectivity index (χ0) is 14.0. The Bertz CT molecular complexity index is 576. The van der Waals surface area contributed by atoms with E-state index in [-0.39, 0.29) is 12.4 Å². The van der Waals surface area contributed by atoms with Crippen molar-refractivity contribution in [3.63, 3.8) is 0 Å². The predicted molar refractivity (Wildman–Crippen MR) is 99.7 cm³/mol. The van der Waals surface area contributed by atoms with E-state index in [0.29, 0.717) is 11.3 Å². The predicted octanol–water partition coefficient (Wildman–Crippen LogP) is 4.80. The highest BCUT2D eigenvalue weighted by Crippen LogP contribution is 2.30. The first-order valence-corrected chi connectivity index (χ1v) is 8.53. The summed E-state index contributed by atoms with van der Waals surface area (Å²) in [7, 11) is 0. The first-order chi connectivity index (χ1) is 8.99. The molecule has 0 radical (unpaired) electrons. The molecule has 0 aromatic heterocycles. The van der Waals surface area contributed by atoms with Gasteiger partial charge in [0, 0.05) is 14.8 Å². The third kappa shape index (κ3) is 3.84. The van der Waals surface area contributed by atoms with E-state index in [4.69, 9.17) is 10.5 Å². The van der Waals surface area contributed by atoms with E-state index in [1.165, 1.54) is 6.07 Å². The highest BCUT2D eigenvalue weighted by molar-refractivity contribution is 14.1. The molecule has 2 N–H and O–H groups in total. The van der Waals surface area contributed by atoms with E-state index in [9.17, 15) is 4.39 Å². The molecule has 0 aliphatic heterocycles. The molecular formula is C13H9FI3NO. The quantitative estimate of drug-likeness (QED) is 0.410. The lowest BCUT2D eigenvalue weighted by atomic mass is 10.2. The second-order valence-corrected chi connectivity index (χ2v) is 7.36. The zero-order valence-electron chi connectivity index (χ0n) is 9.59. The Morgan fingerprint density at radius 1 is 1.11 bits per heavy atom. The first kappa shape index (κ1) is 15.5. The normalized spacial score (nSPS) is 10.5.